The Labute approximate surface area is 176 Å². The van der Waals surface area contributed by atoms with Gasteiger partial charge in [-0.2, -0.15) is 0 Å². The molecule has 0 aliphatic heterocycles. The molecule has 0 radical (unpaired) electrons. The third-order valence-electron chi connectivity index (χ3n) is 5.39. The molecule has 0 spiro atoms. The van der Waals surface area contributed by atoms with Crippen LogP contribution in [0.3, 0.4) is 0 Å². The summed E-state index contributed by atoms with van der Waals surface area (Å²) in [5.74, 6) is 1.48. The van der Waals surface area contributed by atoms with Crippen molar-refractivity contribution in [3.8, 4) is 0 Å². The van der Waals surface area contributed by atoms with Crippen molar-refractivity contribution in [2.75, 3.05) is 19.8 Å². The lowest BCUT2D eigenvalue weighted by Gasteiger charge is -2.29. The van der Waals surface area contributed by atoms with E-state index in [1.165, 1.54) is 0 Å². The lowest BCUT2D eigenvalue weighted by molar-refractivity contribution is -0.124. The molecule has 0 atom stereocenters. The monoisotopic (exact) mass is 410 g/mol. The average molecular weight is 411 g/mol. The molecule has 0 aromatic heterocycles. The maximum atomic E-state index is 12.1. The largest absolute Gasteiger partial charge is 0.381 e. The number of Topliss-reactive ketones (excluding diaryl/α,β-unsaturated/α-hetero) is 1. The zero-order valence-corrected chi connectivity index (χ0v) is 18.9. The molecule has 29 heavy (non-hydrogen) atoms. The van der Waals surface area contributed by atoms with E-state index in [0.29, 0.717) is 56.5 Å². The van der Waals surface area contributed by atoms with Gasteiger partial charge in [-0.25, -0.2) is 0 Å². The Hall–Kier alpha value is -1.43. The van der Waals surface area contributed by atoms with E-state index in [9.17, 15) is 14.4 Å². The highest BCUT2D eigenvalue weighted by atomic mass is 16.5. The molecule has 1 saturated carbocycles. The van der Waals surface area contributed by atoms with Gasteiger partial charge in [-0.1, -0.05) is 27.7 Å². The maximum Gasteiger partial charge on any atom is 0.220 e. The fourth-order valence-electron chi connectivity index (χ4n) is 3.55. The molecule has 168 valence electrons. The van der Waals surface area contributed by atoms with Crippen LogP contribution >= 0.6 is 0 Å². The summed E-state index contributed by atoms with van der Waals surface area (Å²) in [5, 5.41) is 5.97. The molecule has 6 nitrogen and oxygen atoms in total. The molecule has 1 fully saturated rings. The van der Waals surface area contributed by atoms with Gasteiger partial charge in [-0.05, 0) is 50.4 Å². The van der Waals surface area contributed by atoms with Crippen molar-refractivity contribution in [1.29, 1.82) is 0 Å². The van der Waals surface area contributed by atoms with Gasteiger partial charge in [0.05, 0.1) is 0 Å². The van der Waals surface area contributed by atoms with Crippen LogP contribution in [-0.4, -0.2) is 43.4 Å². The van der Waals surface area contributed by atoms with Crippen molar-refractivity contribution >= 4 is 17.6 Å². The van der Waals surface area contributed by atoms with Crippen LogP contribution in [-0.2, 0) is 19.1 Å². The van der Waals surface area contributed by atoms with Gasteiger partial charge < -0.3 is 15.4 Å². The molecule has 1 aliphatic rings. The summed E-state index contributed by atoms with van der Waals surface area (Å²) in [6, 6.07) is 0.215. The molecule has 0 bridgehead atoms. The third-order valence-corrected chi connectivity index (χ3v) is 5.39. The van der Waals surface area contributed by atoms with Crippen molar-refractivity contribution in [3.63, 3.8) is 0 Å². The normalized spacial score (nSPS) is 19.4. The minimum Gasteiger partial charge on any atom is -0.381 e. The van der Waals surface area contributed by atoms with Gasteiger partial charge in [0.25, 0.3) is 0 Å². The van der Waals surface area contributed by atoms with Gasteiger partial charge in [0.15, 0.2) is 0 Å². The van der Waals surface area contributed by atoms with E-state index in [2.05, 4.69) is 24.5 Å². The number of hydrogen-bond acceptors (Lipinski definition) is 4. The molecule has 1 rings (SSSR count). The number of carbonyl (C=O) groups is 3. The van der Waals surface area contributed by atoms with Crippen molar-refractivity contribution in [1.82, 2.24) is 10.6 Å². The predicted molar refractivity (Wildman–Crippen MR) is 115 cm³/mol. The van der Waals surface area contributed by atoms with Gasteiger partial charge in [0, 0.05) is 51.0 Å². The summed E-state index contributed by atoms with van der Waals surface area (Å²) < 4.78 is 5.48. The van der Waals surface area contributed by atoms with Crippen molar-refractivity contribution in [2.24, 2.45) is 17.8 Å². The first-order valence-electron chi connectivity index (χ1n) is 11.4. The highest BCUT2D eigenvalue weighted by Gasteiger charge is 2.24. The van der Waals surface area contributed by atoms with E-state index in [0.717, 1.165) is 38.7 Å². The van der Waals surface area contributed by atoms with Crippen LogP contribution < -0.4 is 10.6 Å². The molecule has 0 aromatic carbocycles. The van der Waals surface area contributed by atoms with Gasteiger partial charge >= 0.3 is 0 Å². The summed E-state index contributed by atoms with van der Waals surface area (Å²) in [4.78, 5) is 35.8. The first-order chi connectivity index (χ1) is 13.8. The Bertz CT molecular complexity index is 497. The van der Waals surface area contributed by atoms with E-state index in [4.69, 9.17) is 4.74 Å². The predicted octanol–water partition coefficient (Wildman–Crippen LogP) is 3.63. The average Bonchev–Trinajstić information content (AvgIpc) is 2.65. The lowest BCUT2D eigenvalue weighted by atomic mass is 9.82. The molecule has 0 saturated heterocycles. The highest BCUT2D eigenvalue weighted by molar-refractivity contribution is 5.80. The zero-order chi connectivity index (χ0) is 21.6. The van der Waals surface area contributed by atoms with E-state index in [1.54, 1.807) is 0 Å². The van der Waals surface area contributed by atoms with Gasteiger partial charge in [0.2, 0.25) is 11.8 Å². The Balaban J connectivity index is 2.04. The number of amides is 2. The molecule has 0 heterocycles. The molecule has 0 aromatic rings. The van der Waals surface area contributed by atoms with Crippen LogP contribution in [0.1, 0.15) is 85.5 Å². The van der Waals surface area contributed by atoms with Crippen LogP contribution in [0.25, 0.3) is 0 Å². The van der Waals surface area contributed by atoms with E-state index in [-0.39, 0.29) is 23.8 Å². The Morgan fingerprint density at radius 2 is 1.59 bits per heavy atom. The second-order valence-corrected chi connectivity index (χ2v) is 9.14. The quantitative estimate of drug-likeness (QED) is 0.428. The lowest BCUT2D eigenvalue weighted by Crippen LogP contribution is -2.38. The second kappa shape index (κ2) is 14.5. The van der Waals surface area contributed by atoms with Crippen LogP contribution in [0.4, 0.5) is 0 Å². The summed E-state index contributed by atoms with van der Waals surface area (Å²) in [5.41, 5.74) is 0. The SMILES string of the molecule is CC(C)COCCCNC(=O)CCCC(=O)NC1CCC(CC(=O)C(C)C)CC1. The smallest absolute Gasteiger partial charge is 0.220 e. The molecule has 2 N–H and O–H groups in total. The van der Waals surface area contributed by atoms with E-state index < -0.39 is 0 Å². The second-order valence-electron chi connectivity index (χ2n) is 9.14. The minimum absolute atomic E-state index is 0.00279. The first-order valence-corrected chi connectivity index (χ1v) is 11.4. The van der Waals surface area contributed by atoms with Crippen LogP contribution in [0.5, 0.6) is 0 Å². The van der Waals surface area contributed by atoms with Crippen LogP contribution in [0.2, 0.25) is 0 Å². The Kier molecular flexibility index (Phi) is 12.8. The fourth-order valence-corrected chi connectivity index (χ4v) is 3.55. The number of rotatable bonds is 14. The molecule has 1 aliphatic carbocycles. The van der Waals surface area contributed by atoms with Gasteiger partial charge in [-0.15, -0.1) is 0 Å². The molecule has 6 heteroatoms. The van der Waals surface area contributed by atoms with Gasteiger partial charge in [0.1, 0.15) is 5.78 Å². The topological polar surface area (TPSA) is 84.5 Å². The van der Waals surface area contributed by atoms with Crippen molar-refractivity contribution in [3.05, 3.63) is 0 Å². The Morgan fingerprint density at radius 1 is 0.931 bits per heavy atom. The standard InChI is InChI=1S/C23H42N2O4/c1-17(2)16-29-14-6-13-24-22(27)7-5-8-23(28)25-20-11-9-19(10-12-20)15-21(26)18(3)4/h17-20H,5-16H2,1-4H3,(H,24,27)(H,25,28). The number of nitrogens with one attached hydrogen (secondary N) is 2. The fraction of sp³-hybridized carbons (Fsp3) is 0.870. The summed E-state index contributed by atoms with van der Waals surface area (Å²) in [6.07, 6.45) is 6.73. The van der Waals surface area contributed by atoms with E-state index >= 15 is 0 Å². The van der Waals surface area contributed by atoms with Crippen molar-refractivity contribution < 1.29 is 19.1 Å². The number of hydrogen-bond donors (Lipinski definition) is 2. The zero-order valence-electron chi connectivity index (χ0n) is 18.9. The molecule has 2 amide bonds. The van der Waals surface area contributed by atoms with Crippen LogP contribution in [0, 0.1) is 17.8 Å². The molecular formula is C23H42N2O4. The number of carbonyl (C=O) groups excluding carboxylic acids is 3. The maximum absolute atomic E-state index is 12.1. The van der Waals surface area contributed by atoms with Crippen LogP contribution in [0.15, 0.2) is 0 Å². The summed E-state index contributed by atoms with van der Waals surface area (Å²) >= 11 is 0. The summed E-state index contributed by atoms with van der Waals surface area (Å²) in [6.45, 7) is 10.2. The molecule has 0 unspecified atom stereocenters. The first kappa shape index (κ1) is 25.6. The highest BCUT2D eigenvalue weighted by Crippen LogP contribution is 2.28. The Morgan fingerprint density at radius 3 is 2.21 bits per heavy atom. The van der Waals surface area contributed by atoms with Crippen molar-refractivity contribution in [2.45, 2.75) is 91.5 Å². The third kappa shape index (κ3) is 12.7. The number of ether oxygens (including phenoxy) is 1. The minimum atomic E-state index is -0.00279. The number of ketones is 1. The molecular weight excluding hydrogens is 368 g/mol. The summed E-state index contributed by atoms with van der Waals surface area (Å²) in [7, 11) is 0. The van der Waals surface area contributed by atoms with E-state index in [1.807, 2.05) is 13.8 Å². The van der Waals surface area contributed by atoms with Gasteiger partial charge in [-0.3, -0.25) is 14.4 Å².